The molecule has 0 saturated heterocycles. The second-order valence-electron chi connectivity index (χ2n) is 4.21. The fourth-order valence-corrected chi connectivity index (χ4v) is 2.65. The normalized spacial score (nSPS) is 10.7. The number of anilines is 2. The van der Waals surface area contributed by atoms with Crippen LogP contribution in [-0.2, 0) is 6.42 Å². The summed E-state index contributed by atoms with van der Waals surface area (Å²) in [5.74, 6) is 0. The zero-order valence-corrected chi connectivity index (χ0v) is 11.2. The standard InChI is InChI=1S/C14H14N4S/c15-11-9-18-12-4-2-1-3-10(12)14(11)17-6-5-13-16-7-8-19-13/h1-4,7-9H,5-6,15H2,(H,17,18). The average Bonchev–Trinajstić information content (AvgIpc) is 2.94. The summed E-state index contributed by atoms with van der Waals surface area (Å²) >= 11 is 1.67. The Morgan fingerprint density at radius 1 is 1.21 bits per heavy atom. The highest BCUT2D eigenvalue weighted by atomic mass is 32.1. The number of fused-ring (bicyclic) bond motifs is 1. The molecule has 2 aromatic heterocycles. The van der Waals surface area contributed by atoms with Crippen LogP contribution < -0.4 is 11.1 Å². The van der Waals surface area contributed by atoms with Crippen LogP contribution in [0, 0.1) is 0 Å². The number of pyridine rings is 1. The van der Waals surface area contributed by atoms with E-state index in [1.807, 2.05) is 35.8 Å². The van der Waals surface area contributed by atoms with Gasteiger partial charge in [-0.1, -0.05) is 18.2 Å². The first kappa shape index (κ1) is 11.9. The fourth-order valence-electron chi connectivity index (χ4n) is 2.02. The Kier molecular flexibility index (Phi) is 3.29. The Morgan fingerprint density at radius 2 is 2.11 bits per heavy atom. The fraction of sp³-hybridized carbons (Fsp3) is 0.143. The van der Waals surface area contributed by atoms with Gasteiger partial charge >= 0.3 is 0 Å². The molecule has 0 fully saturated rings. The van der Waals surface area contributed by atoms with Crippen molar-refractivity contribution < 1.29 is 0 Å². The molecule has 96 valence electrons. The Bertz CT molecular complexity index is 679. The number of nitrogens with two attached hydrogens (primary N) is 1. The van der Waals surface area contributed by atoms with Gasteiger partial charge in [0.2, 0.25) is 0 Å². The number of nitrogens with one attached hydrogen (secondary N) is 1. The molecule has 3 aromatic rings. The molecular formula is C14H14N4S. The topological polar surface area (TPSA) is 63.8 Å². The molecule has 19 heavy (non-hydrogen) atoms. The molecule has 4 nitrogen and oxygen atoms in total. The molecule has 5 heteroatoms. The van der Waals surface area contributed by atoms with E-state index in [1.165, 1.54) is 0 Å². The molecule has 0 saturated carbocycles. The second-order valence-corrected chi connectivity index (χ2v) is 5.19. The van der Waals surface area contributed by atoms with Gasteiger partial charge in [-0.3, -0.25) is 4.98 Å². The first-order valence-corrected chi connectivity index (χ1v) is 6.98. The molecule has 0 amide bonds. The Balaban J connectivity index is 1.81. The van der Waals surface area contributed by atoms with Gasteiger partial charge in [0.1, 0.15) is 0 Å². The van der Waals surface area contributed by atoms with E-state index >= 15 is 0 Å². The summed E-state index contributed by atoms with van der Waals surface area (Å²) in [4.78, 5) is 8.59. The molecule has 0 bridgehead atoms. The van der Waals surface area contributed by atoms with Crippen LogP contribution in [0.25, 0.3) is 10.9 Å². The summed E-state index contributed by atoms with van der Waals surface area (Å²) in [6.45, 7) is 0.811. The second kappa shape index (κ2) is 5.24. The highest BCUT2D eigenvalue weighted by Gasteiger charge is 2.05. The third-order valence-electron chi connectivity index (χ3n) is 2.93. The monoisotopic (exact) mass is 270 g/mol. The SMILES string of the molecule is Nc1cnc2ccccc2c1NCCc1nccs1. The van der Waals surface area contributed by atoms with Gasteiger partial charge in [-0.15, -0.1) is 11.3 Å². The molecule has 1 aromatic carbocycles. The minimum atomic E-state index is 0.679. The van der Waals surface area contributed by atoms with Gasteiger partial charge in [0.05, 0.1) is 28.1 Å². The van der Waals surface area contributed by atoms with Gasteiger partial charge in [-0.05, 0) is 6.07 Å². The average molecular weight is 270 g/mol. The van der Waals surface area contributed by atoms with Gasteiger partial charge in [-0.25, -0.2) is 4.98 Å². The zero-order chi connectivity index (χ0) is 13.1. The summed E-state index contributed by atoms with van der Waals surface area (Å²) in [5, 5.41) is 7.57. The van der Waals surface area contributed by atoms with Crippen LogP contribution in [0.15, 0.2) is 42.0 Å². The number of para-hydroxylation sites is 1. The molecular weight excluding hydrogens is 256 g/mol. The lowest BCUT2D eigenvalue weighted by molar-refractivity contribution is 1.000. The van der Waals surface area contributed by atoms with E-state index in [0.29, 0.717) is 5.69 Å². The molecule has 2 heterocycles. The van der Waals surface area contributed by atoms with Crippen LogP contribution in [0.4, 0.5) is 11.4 Å². The van der Waals surface area contributed by atoms with Gasteiger partial charge in [0, 0.05) is 29.9 Å². The molecule has 0 unspecified atom stereocenters. The summed E-state index contributed by atoms with van der Waals surface area (Å²) in [7, 11) is 0. The van der Waals surface area contributed by atoms with E-state index in [9.17, 15) is 0 Å². The number of aromatic nitrogens is 2. The maximum absolute atomic E-state index is 6.01. The van der Waals surface area contributed by atoms with Crippen molar-refractivity contribution in [1.82, 2.24) is 9.97 Å². The minimum Gasteiger partial charge on any atom is -0.396 e. The maximum atomic E-state index is 6.01. The van der Waals surface area contributed by atoms with Crippen molar-refractivity contribution in [3.8, 4) is 0 Å². The van der Waals surface area contributed by atoms with Crippen molar-refractivity contribution in [2.75, 3.05) is 17.6 Å². The van der Waals surface area contributed by atoms with Crippen LogP contribution in [-0.4, -0.2) is 16.5 Å². The molecule has 3 N–H and O–H groups in total. The number of nitrogens with zero attached hydrogens (tertiary/aromatic N) is 2. The lowest BCUT2D eigenvalue weighted by Gasteiger charge is -2.11. The summed E-state index contributed by atoms with van der Waals surface area (Å²) in [5.41, 5.74) is 8.60. The van der Waals surface area contributed by atoms with Crippen LogP contribution in [0.5, 0.6) is 0 Å². The van der Waals surface area contributed by atoms with Crippen LogP contribution in [0.3, 0.4) is 0 Å². The van der Waals surface area contributed by atoms with Crippen LogP contribution in [0.2, 0.25) is 0 Å². The van der Waals surface area contributed by atoms with Gasteiger partial charge in [-0.2, -0.15) is 0 Å². The molecule has 0 radical (unpaired) electrons. The van der Waals surface area contributed by atoms with Crippen molar-refractivity contribution in [2.24, 2.45) is 0 Å². The number of hydrogen-bond donors (Lipinski definition) is 2. The van der Waals surface area contributed by atoms with E-state index in [1.54, 1.807) is 17.5 Å². The smallest absolute Gasteiger partial charge is 0.0942 e. The predicted molar refractivity (Wildman–Crippen MR) is 80.5 cm³/mol. The molecule has 0 aliphatic carbocycles. The molecule has 0 atom stereocenters. The lowest BCUT2D eigenvalue weighted by Crippen LogP contribution is -2.07. The quantitative estimate of drug-likeness (QED) is 0.765. The van der Waals surface area contributed by atoms with E-state index in [0.717, 1.165) is 34.6 Å². The Hall–Kier alpha value is -2.14. The third-order valence-corrected chi connectivity index (χ3v) is 3.77. The zero-order valence-electron chi connectivity index (χ0n) is 10.3. The van der Waals surface area contributed by atoms with E-state index in [-0.39, 0.29) is 0 Å². The van der Waals surface area contributed by atoms with Crippen molar-refractivity contribution >= 4 is 33.6 Å². The van der Waals surface area contributed by atoms with Crippen molar-refractivity contribution in [3.05, 3.63) is 47.0 Å². The van der Waals surface area contributed by atoms with E-state index in [2.05, 4.69) is 15.3 Å². The molecule has 3 rings (SSSR count). The van der Waals surface area contributed by atoms with E-state index < -0.39 is 0 Å². The minimum absolute atomic E-state index is 0.679. The highest BCUT2D eigenvalue weighted by Crippen LogP contribution is 2.27. The Labute approximate surface area is 115 Å². The number of benzene rings is 1. The van der Waals surface area contributed by atoms with Crippen molar-refractivity contribution in [2.45, 2.75) is 6.42 Å². The molecule has 0 aliphatic heterocycles. The van der Waals surface area contributed by atoms with Crippen molar-refractivity contribution in [1.29, 1.82) is 0 Å². The highest BCUT2D eigenvalue weighted by molar-refractivity contribution is 7.09. The Morgan fingerprint density at radius 3 is 2.95 bits per heavy atom. The van der Waals surface area contributed by atoms with Gasteiger partial charge < -0.3 is 11.1 Å². The molecule has 0 spiro atoms. The van der Waals surface area contributed by atoms with Gasteiger partial charge in [0.25, 0.3) is 0 Å². The molecule has 0 aliphatic rings. The third kappa shape index (κ3) is 2.51. The maximum Gasteiger partial charge on any atom is 0.0942 e. The number of hydrogen-bond acceptors (Lipinski definition) is 5. The number of rotatable bonds is 4. The largest absolute Gasteiger partial charge is 0.396 e. The van der Waals surface area contributed by atoms with Crippen molar-refractivity contribution in [3.63, 3.8) is 0 Å². The van der Waals surface area contributed by atoms with Crippen LogP contribution >= 0.6 is 11.3 Å². The number of nitrogen functional groups attached to an aromatic ring is 1. The van der Waals surface area contributed by atoms with Crippen LogP contribution in [0.1, 0.15) is 5.01 Å². The van der Waals surface area contributed by atoms with Gasteiger partial charge in [0.15, 0.2) is 0 Å². The predicted octanol–water partition coefficient (Wildman–Crippen LogP) is 2.93. The summed E-state index contributed by atoms with van der Waals surface area (Å²) in [6.07, 6.45) is 4.43. The summed E-state index contributed by atoms with van der Waals surface area (Å²) in [6, 6.07) is 7.99. The number of thiazole rings is 1. The first-order valence-electron chi connectivity index (χ1n) is 6.10. The lowest BCUT2D eigenvalue weighted by atomic mass is 10.1. The van der Waals surface area contributed by atoms with E-state index in [4.69, 9.17) is 5.73 Å². The summed E-state index contributed by atoms with van der Waals surface area (Å²) < 4.78 is 0. The first-order chi connectivity index (χ1) is 9.34.